The minimum absolute atomic E-state index is 0.00485. The maximum absolute atomic E-state index is 13.2. The van der Waals surface area contributed by atoms with E-state index < -0.39 is 48.7 Å². The zero-order valence-electron chi connectivity index (χ0n) is 17.5. The Balaban J connectivity index is 2.05. The fourth-order valence-electron chi connectivity index (χ4n) is 3.71. The normalized spacial score (nSPS) is 16.3. The lowest BCUT2D eigenvalue weighted by atomic mass is 9.96. The van der Waals surface area contributed by atoms with E-state index in [0.717, 1.165) is 6.07 Å². The van der Waals surface area contributed by atoms with E-state index >= 15 is 0 Å². The molecule has 1 aliphatic heterocycles. The number of aliphatic hydroxyl groups excluding tert-OH is 1. The lowest BCUT2D eigenvalue weighted by Gasteiger charge is -2.22. The van der Waals surface area contributed by atoms with Crippen LogP contribution in [-0.4, -0.2) is 51.1 Å². The van der Waals surface area contributed by atoms with Gasteiger partial charge in [-0.3, -0.25) is 0 Å². The van der Waals surface area contributed by atoms with Crippen molar-refractivity contribution in [2.45, 2.75) is 22.0 Å². The number of nitrogens with zero attached hydrogens (tertiary/aromatic N) is 1. The second-order valence-corrected chi connectivity index (χ2v) is 10.6. The number of anilines is 1. The summed E-state index contributed by atoms with van der Waals surface area (Å²) in [6.07, 6.45) is -0.937. The molecule has 13 N–H and O–H groups in total. The second-order valence-electron chi connectivity index (χ2n) is 7.43. The van der Waals surface area contributed by atoms with Crippen LogP contribution in [0.15, 0.2) is 40.1 Å². The molecule has 17 heteroatoms. The summed E-state index contributed by atoms with van der Waals surface area (Å²) in [7, 11) is -9.09. The molecule has 184 valence electrons. The molecule has 0 amide bonds. The number of benzene rings is 2. The number of nitrogen functional groups attached to an aromatic ring is 1. The summed E-state index contributed by atoms with van der Waals surface area (Å²) >= 11 is 0. The molecule has 1 atom stereocenters. The van der Waals surface area contributed by atoms with Crippen LogP contribution in [-0.2, 0) is 20.0 Å². The molecule has 1 unspecified atom stereocenters. The average Bonchev–Trinajstić information content (AvgIpc) is 3.44. The van der Waals surface area contributed by atoms with E-state index in [1.165, 1.54) is 6.07 Å². The third-order valence-electron chi connectivity index (χ3n) is 5.17. The number of aliphatic hydroxyl groups is 1. The summed E-state index contributed by atoms with van der Waals surface area (Å²) in [4.78, 5) is 5.92. The fraction of sp³-hybridized carbons (Fsp3) is 0.235. The molecule has 34 heavy (non-hydrogen) atoms. The topological polar surface area (TPSA) is 255 Å². The van der Waals surface area contributed by atoms with Gasteiger partial charge in [-0.1, -0.05) is 18.2 Å². The number of nitrogens with one attached hydrogen (secondary N) is 6. The Morgan fingerprint density at radius 2 is 1.79 bits per heavy atom. The van der Waals surface area contributed by atoms with Crippen molar-refractivity contribution in [3.63, 3.8) is 0 Å². The van der Waals surface area contributed by atoms with Crippen LogP contribution < -0.4 is 43.2 Å². The number of aromatic amines is 1. The Morgan fingerprint density at radius 3 is 2.41 bits per heavy atom. The molecule has 1 fully saturated rings. The number of hydrazine groups is 3. The summed E-state index contributed by atoms with van der Waals surface area (Å²) in [6.45, 7) is -0.804. The maximum atomic E-state index is 13.2. The van der Waals surface area contributed by atoms with Crippen LogP contribution in [0.3, 0.4) is 0 Å². The third-order valence-corrected chi connectivity index (χ3v) is 7.87. The summed E-state index contributed by atoms with van der Waals surface area (Å²) in [6, 6.07) is 6.66. The number of nitrogens with two attached hydrogens (primary N) is 3. The number of aromatic nitrogens is 2. The van der Waals surface area contributed by atoms with E-state index in [1.54, 1.807) is 18.2 Å². The van der Waals surface area contributed by atoms with Gasteiger partial charge in [0.2, 0.25) is 20.0 Å². The van der Waals surface area contributed by atoms with E-state index in [1.807, 2.05) is 0 Å². The number of hydrogen-bond acceptors (Lipinski definition) is 12. The van der Waals surface area contributed by atoms with E-state index in [-0.39, 0.29) is 18.1 Å². The lowest BCUT2D eigenvalue weighted by Crippen LogP contribution is -2.43. The van der Waals surface area contributed by atoms with Crippen LogP contribution in [0.1, 0.15) is 11.7 Å². The van der Waals surface area contributed by atoms with Crippen LogP contribution in [0.25, 0.3) is 22.2 Å². The molecule has 0 spiro atoms. The highest BCUT2D eigenvalue weighted by Crippen LogP contribution is 2.39. The van der Waals surface area contributed by atoms with Gasteiger partial charge in [0.05, 0.1) is 23.7 Å². The van der Waals surface area contributed by atoms with Crippen molar-refractivity contribution in [2.75, 3.05) is 18.9 Å². The van der Waals surface area contributed by atoms with Crippen molar-refractivity contribution in [2.24, 2.45) is 10.9 Å². The molecule has 0 saturated carbocycles. The lowest BCUT2D eigenvalue weighted by molar-refractivity contribution is 0.259. The maximum Gasteiger partial charge on any atom is 0.242 e. The number of imidazole rings is 1. The van der Waals surface area contributed by atoms with Crippen LogP contribution in [0.4, 0.5) is 5.95 Å². The molecule has 0 aliphatic carbocycles. The standard InChI is InChI=1S/C17H24N10O5S2/c18-6-8(7-28)25-34(31,32)12-5-4-9(10-2-1-3-11-14(10)22-17(19)21-11)13(15(12)33(20,29)30)16-23-26-27-24-16/h1-5,8,16,23-28H,6-7,18H2,(H3,19,21,22)(H2,20,29,30). The first kappa shape index (κ1) is 24.4. The third kappa shape index (κ3) is 4.49. The highest BCUT2D eigenvalue weighted by atomic mass is 32.2. The van der Waals surface area contributed by atoms with E-state index in [4.69, 9.17) is 16.6 Å². The molecule has 2 heterocycles. The predicted octanol–water partition coefficient (Wildman–Crippen LogP) is -2.83. The van der Waals surface area contributed by atoms with E-state index in [2.05, 4.69) is 36.6 Å². The summed E-state index contributed by atoms with van der Waals surface area (Å²) < 4.78 is 54.2. The van der Waals surface area contributed by atoms with Gasteiger partial charge < -0.3 is 21.6 Å². The van der Waals surface area contributed by atoms with Crippen molar-refractivity contribution in [1.29, 1.82) is 0 Å². The van der Waals surface area contributed by atoms with Gasteiger partial charge in [0.15, 0.2) is 5.95 Å². The molecule has 2 aromatic carbocycles. The Labute approximate surface area is 194 Å². The molecule has 0 radical (unpaired) electrons. The summed E-state index contributed by atoms with van der Waals surface area (Å²) in [5.74, 6) is 0.149. The monoisotopic (exact) mass is 512 g/mol. The van der Waals surface area contributed by atoms with Crippen molar-refractivity contribution in [3.8, 4) is 11.1 Å². The molecule has 1 saturated heterocycles. The first-order valence-corrected chi connectivity index (χ1v) is 12.9. The number of H-pyrrole nitrogens is 1. The number of primary sulfonamides is 1. The van der Waals surface area contributed by atoms with E-state index in [9.17, 15) is 21.9 Å². The SMILES string of the molecule is NCC(CO)NS(=O)(=O)c1ccc(-c2cccc3[nH]c(N)nc23)c(C2NNNN2)c1S(N)(=O)=O. The van der Waals surface area contributed by atoms with Gasteiger partial charge in [0.25, 0.3) is 0 Å². The van der Waals surface area contributed by atoms with Crippen molar-refractivity contribution in [3.05, 3.63) is 35.9 Å². The second kappa shape index (κ2) is 9.15. The van der Waals surface area contributed by atoms with Crippen LogP contribution in [0.5, 0.6) is 0 Å². The zero-order valence-corrected chi connectivity index (χ0v) is 19.2. The van der Waals surface area contributed by atoms with Gasteiger partial charge in [0.1, 0.15) is 16.0 Å². The predicted molar refractivity (Wildman–Crippen MR) is 123 cm³/mol. The van der Waals surface area contributed by atoms with Crippen LogP contribution >= 0.6 is 0 Å². The van der Waals surface area contributed by atoms with Crippen molar-refractivity contribution >= 4 is 37.0 Å². The molecular weight excluding hydrogens is 488 g/mol. The zero-order chi connectivity index (χ0) is 24.7. The van der Waals surface area contributed by atoms with Gasteiger partial charge in [-0.15, -0.1) is 0 Å². The van der Waals surface area contributed by atoms with Crippen LogP contribution in [0.2, 0.25) is 0 Å². The van der Waals surface area contributed by atoms with Gasteiger partial charge in [0, 0.05) is 17.7 Å². The van der Waals surface area contributed by atoms with Gasteiger partial charge in [-0.25, -0.2) is 42.5 Å². The first-order chi connectivity index (χ1) is 16.1. The molecule has 15 nitrogen and oxygen atoms in total. The number of hydrogen-bond donors (Lipinski definition) is 10. The fourth-order valence-corrected chi connectivity index (χ4v) is 6.61. The quantitative estimate of drug-likeness (QED) is 0.146. The summed E-state index contributed by atoms with van der Waals surface area (Å²) in [5.41, 5.74) is 23.8. The Kier molecular flexibility index (Phi) is 6.57. The van der Waals surface area contributed by atoms with Gasteiger partial charge >= 0.3 is 0 Å². The van der Waals surface area contributed by atoms with Crippen molar-refractivity contribution < 1.29 is 21.9 Å². The van der Waals surface area contributed by atoms with Gasteiger partial charge in [-0.05, 0) is 17.7 Å². The molecule has 1 aliphatic rings. The number of rotatable bonds is 8. The smallest absolute Gasteiger partial charge is 0.242 e. The first-order valence-electron chi connectivity index (χ1n) is 9.85. The van der Waals surface area contributed by atoms with Crippen LogP contribution in [0, 0.1) is 0 Å². The summed E-state index contributed by atoms with van der Waals surface area (Å²) in [5, 5.41) is 14.9. The number of sulfonamides is 2. The minimum Gasteiger partial charge on any atom is -0.395 e. The number of fused-ring (bicyclic) bond motifs is 1. The highest BCUT2D eigenvalue weighted by molar-refractivity contribution is 7.92. The number of para-hydroxylation sites is 1. The minimum atomic E-state index is -4.61. The van der Waals surface area contributed by atoms with E-state index in [0.29, 0.717) is 22.2 Å². The molecule has 3 aromatic rings. The van der Waals surface area contributed by atoms with Gasteiger partial charge in [-0.2, -0.15) is 11.1 Å². The Hall–Kier alpha value is -2.71. The molecular formula is C17H24N10O5S2. The molecule has 4 rings (SSSR count). The molecule has 0 bridgehead atoms. The molecule has 1 aromatic heterocycles. The highest BCUT2D eigenvalue weighted by Gasteiger charge is 2.35. The Bertz CT molecular complexity index is 1430. The average molecular weight is 513 g/mol. The Morgan fingerprint density at radius 1 is 1.09 bits per heavy atom. The van der Waals surface area contributed by atoms with Crippen molar-refractivity contribution in [1.82, 2.24) is 36.6 Å². The largest absolute Gasteiger partial charge is 0.395 e.